The van der Waals surface area contributed by atoms with E-state index >= 15 is 0 Å². The Labute approximate surface area is 194 Å². The van der Waals surface area contributed by atoms with Crippen LogP contribution in [0.1, 0.15) is 33.8 Å². The van der Waals surface area contributed by atoms with E-state index in [9.17, 15) is 18.0 Å². The molecule has 4 heterocycles. The molecule has 1 spiro atoms. The Bertz CT molecular complexity index is 956. The largest absolute Gasteiger partial charge is 0.490 e. The average molecular weight is 488 g/mol. The first-order valence-corrected chi connectivity index (χ1v) is 11.5. The number of carbonyl (C=O) groups excluding carboxylic acids is 1. The first-order valence-electron chi connectivity index (χ1n) is 10.6. The lowest BCUT2D eigenvalue weighted by molar-refractivity contribution is -0.192. The molecule has 7 nitrogen and oxygen atoms in total. The van der Waals surface area contributed by atoms with Crippen LogP contribution in [0.25, 0.3) is 0 Å². The quantitative estimate of drug-likeness (QED) is 0.675. The maximum atomic E-state index is 12.2. The number of thiophene rings is 1. The molecular formula is C22H28F3N3O4S. The second-order valence-corrected chi connectivity index (χ2v) is 9.59. The summed E-state index contributed by atoms with van der Waals surface area (Å²) in [4.78, 5) is 25.1. The molecule has 182 valence electrons. The van der Waals surface area contributed by atoms with Crippen molar-refractivity contribution < 1.29 is 32.6 Å². The Balaban J connectivity index is 0.000000383. The minimum Gasteiger partial charge on any atom is -0.475 e. The number of nitrogens with zero attached hydrogens (tertiary/aromatic N) is 2. The molecule has 2 saturated heterocycles. The zero-order valence-electron chi connectivity index (χ0n) is 18.5. The molecule has 1 unspecified atom stereocenters. The van der Waals surface area contributed by atoms with Crippen LogP contribution in [0, 0.1) is 12.8 Å². The fourth-order valence-electron chi connectivity index (χ4n) is 4.00. The minimum absolute atomic E-state index is 0.000997. The van der Waals surface area contributed by atoms with Gasteiger partial charge in [0.2, 0.25) is 0 Å². The van der Waals surface area contributed by atoms with Crippen molar-refractivity contribution >= 4 is 23.2 Å². The number of alkyl halides is 3. The summed E-state index contributed by atoms with van der Waals surface area (Å²) in [5.74, 6) is -2.34. The van der Waals surface area contributed by atoms with E-state index in [0.717, 1.165) is 39.1 Å². The lowest BCUT2D eigenvalue weighted by Crippen LogP contribution is -2.64. The second kappa shape index (κ2) is 10.3. The molecule has 2 aliphatic rings. The van der Waals surface area contributed by atoms with Crippen molar-refractivity contribution in [1.29, 1.82) is 0 Å². The van der Waals surface area contributed by atoms with Gasteiger partial charge in [-0.2, -0.15) is 13.2 Å². The van der Waals surface area contributed by atoms with Gasteiger partial charge in [0, 0.05) is 44.3 Å². The van der Waals surface area contributed by atoms with Crippen LogP contribution in [-0.2, 0) is 23.1 Å². The summed E-state index contributed by atoms with van der Waals surface area (Å²) in [5.41, 5.74) is 2.16. The van der Waals surface area contributed by atoms with E-state index in [4.69, 9.17) is 14.6 Å². The standard InChI is InChI=1S/C20H27N3O2S.C2HF3O2/c1-15-6-9-26-18(15)11-23-13-20(14-23)7-5-16(12-25-20)10-21-19(24)17-4-3-8-22(17)2;3-2(4,5)1(6)7/h3-4,6,8-9,16H,5,7,10-14H2,1-2H3,(H,21,24);(H,6,7). The molecule has 0 saturated carbocycles. The number of carboxylic acids is 1. The second-order valence-electron chi connectivity index (χ2n) is 8.59. The smallest absolute Gasteiger partial charge is 0.475 e. The number of aryl methyl sites for hydroxylation is 2. The molecule has 1 atom stereocenters. The van der Waals surface area contributed by atoms with Gasteiger partial charge >= 0.3 is 12.1 Å². The third-order valence-electron chi connectivity index (χ3n) is 5.96. The van der Waals surface area contributed by atoms with Gasteiger partial charge in [-0.3, -0.25) is 9.69 Å². The highest BCUT2D eigenvalue weighted by atomic mass is 32.1. The maximum Gasteiger partial charge on any atom is 0.490 e. The van der Waals surface area contributed by atoms with Crippen LogP contribution in [0.4, 0.5) is 13.2 Å². The fraction of sp³-hybridized carbons (Fsp3) is 0.545. The molecule has 33 heavy (non-hydrogen) atoms. The van der Waals surface area contributed by atoms with Crippen molar-refractivity contribution in [2.75, 3.05) is 26.2 Å². The van der Waals surface area contributed by atoms with Gasteiger partial charge in [0.05, 0.1) is 12.2 Å². The Hall–Kier alpha value is -2.37. The third-order valence-corrected chi connectivity index (χ3v) is 6.97. The van der Waals surface area contributed by atoms with Crippen molar-refractivity contribution in [3.63, 3.8) is 0 Å². The number of hydrogen-bond acceptors (Lipinski definition) is 5. The monoisotopic (exact) mass is 487 g/mol. The highest BCUT2D eigenvalue weighted by Crippen LogP contribution is 2.37. The molecule has 0 radical (unpaired) electrons. The van der Waals surface area contributed by atoms with Gasteiger partial charge in [-0.25, -0.2) is 4.79 Å². The van der Waals surface area contributed by atoms with Crippen LogP contribution >= 0.6 is 11.3 Å². The van der Waals surface area contributed by atoms with Gasteiger partial charge < -0.3 is 19.7 Å². The lowest BCUT2D eigenvalue weighted by atomic mass is 9.83. The van der Waals surface area contributed by atoms with E-state index in [2.05, 4.69) is 28.6 Å². The molecule has 2 aromatic rings. The zero-order valence-corrected chi connectivity index (χ0v) is 19.3. The number of carboxylic acid groups (broad SMARTS) is 1. The normalized spacial score (nSPS) is 20.0. The van der Waals surface area contributed by atoms with E-state index < -0.39 is 12.1 Å². The summed E-state index contributed by atoms with van der Waals surface area (Å²) in [6.07, 6.45) is -0.973. The number of aliphatic carboxylic acids is 1. The van der Waals surface area contributed by atoms with Crippen LogP contribution in [0.2, 0.25) is 0 Å². The van der Waals surface area contributed by atoms with Crippen molar-refractivity contribution in [2.45, 2.75) is 38.1 Å². The lowest BCUT2D eigenvalue weighted by Gasteiger charge is -2.53. The van der Waals surface area contributed by atoms with Gasteiger partial charge in [0.15, 0.2) is 0 Å². The highest BCUT2D eigenvalue weighted by molar-refractivity contribution is 7.10. The van der Waals surface area contributed by atoms with E-state index in [1.54, 1.807) is 0 Å². The average Bonchev–Trinajstić information content (AvgIpc) is 3.34. The highest BCUT2D eigenvalue weighted by Gasteiger charge is 2.46. The van der Waals surface area contributed by atoms with Crippen LogP contribution in [0.15, 0.2) is 29.8 Å². The summed E-state index contributed by atoms with van der Waals surface area (Å²) < 4.78 is 39.8. The zero-order chi connectivity index (χ0) is 24.2. The molecule has 11 heteroatoms. The first kappa shape index (κ1) is 25.3. The summed E-state index contributed by atoms with van der Waals surface area (Å²) in [6, 6.07) is 5.93. The van der Waals surface area contributed by atoms with E-state index in [1.807, 2.05) is 41.3 Å². The van der Waals surface area contributed by atoms with Gasteiger partial charge in [-0.05, 0) is 54.8 Å². The predicted octanol–water partition coefficient (Wildman–Crippen LogP) is 3.44. The van der Waals surface area contributed by atoms with Crippen molar-refractivity contribution in [3.8, 4) is 0 Å². The minimum atomic E-state index is -5.08. The number of halogens is 3. The number of carbonyl (C=O) groups is 2. The van der Waals surface area contributed by atoms with Crippen molar-refractivity contribution in [1.82, 2.24) is 14.8 Å². The van der Waals surface area contributed by atoms with Crippen LogP contribution in [0.3, 0.4) is 0 Å². The SMILES string of the molecule is Cc1ccsc1CN1CC2(CCC(CNC(=O)c3cccn3C)CO2)C1.O=C(O)C(F)(F)F. The van der Waals surface area contributed by atoms with Crippen LogP contribution < -0.4 is 5.32 Å². The number of nitrogens with one attached hydrogen (secondary N) is 1. The molecule has 2 fully saturated rings. The Morgan fingerprint density at radius 3 is 2.52 bits per heavy atom. The van der Waals surface area contributed by atoms with Crippen LogP contribution in [0.5, 0.6) is 0 Å². The molecule has 2 N–H and O–H groups in total. The molecule has 2 aromatic heterocycles. The number of likely N-dealkylation sites (tertiary alicyclic amines) is 1. The van der Waals surface area contributed by atoms with Gasteiger partial charge in [0.1, 0.15) is 5.69 Å². The van der Waals surface area contributed by atoms with Gasteiger partial charge in [0.25, 0.3) is 5.91 Å². The summed E-state index contributed by atoms with van der Waals surface area (Å²) >= 11 is 1.85. The first-order chi connectivity index (χ1) is 15.5. The maximum absolute atomic E-state index is 12.2. The number of hydrogen-bond donors (Lipinski definition) is 2. The topological polar surface area (TPSA) is 83.8 Å². The Morgan fingerprint density at radius 2 is 2.03 bits per heavy atom. The summed E-state index contributed by atoms with van der Waals surface area (Å²) in [5, 5.41) is 12.4. The van der Waals surface area contributed by atoms with Gasteiger partial charge in [-0.15, -0.1) is 11.3 Å². The number of rotatable bonds is 5. The third kappa shape index (κ3) is 6.58. The molecule has 0 bridgehead atoms. The molecule has 4 rings (SSSR count). The molecular weight excluding hydrogens is 459 g/mol. The summed E-state index contributed by atoms with van der Waals surface area (Å²) in [7, 11) is 1.89. The Morgan fingerprint density at radius 1 is 1.33 bits per heavy atom. The number of amides is 1. The number of ether oxygens (including phenoxy) is 1. The number of aromatic nitrogens is 1. The molecule has 2 aliphatic heterocycles. The molecule has 0 aliphatic carbocycles. The Kier molecular flexibility index (Phi) is 7.86. The van der Waals surface area contributed by atoms with Crippen LogP contribution in [-0.4, -0.2) is 64.5 Å². The predicted molar refractivity (Wildman–Crippen MR) is 117 cm³/mol. The van der Waals surface area contributed by atoms with Gasteiger partial charge in [-0.1, -0.05) is 0 Å². The van der Waals surface area contributed by atoms with Crippen molar-refractivity contribution in [3.05, 3.63) is 45.9 Å². The molecule has 0 aromatic carbocycles. The van der Waals surface area contributed by atoms with E-state index in [-0.39, 0.29) is 11.5 Å². The van der Waals surface area contributed by atoms with E-state index in [1.165, 1.54) is 10.4 Å². The fourth-order valence-corrected chi connectivity index (χ4v) is 4.95. The van der Waals surface area contributed by atoms with Crippen molar-refractivity contribution in [2.24, 2.45) is 13.0 Å². The molecule has 1 amide bonds. The van der Waals surface area contributed by atoms with E-state index in [0.29, 0.717) is 18.2 Å². The summed E-state index contributed by atoms with van der Waals surface area (Å²) in [6.45, 7) is 6.74.